The van der Waals surface area contributed by atoms with Crippen molar-refractivity contribution in [3.05, 3.63) is 60.2 Å². The first-order valence-corrected chi connectivity index (χ1v) is 13.6. The number of sulfonamides is 1. The lowest BCUT2D eigenvalue weighted by Gasteiger charge is -2.30. The maximum atomic E-state index is 13.0. The molecule has 2 aromatic rings. The van der Waals surface area contributed by atoms with Crippen LogP contribution < -0.4 is 5.32 Å². The molecule has 0 unspecified atom stereocenters. The number of amides is 2. The van der Waals surface area contributed by atoms with Crippen molar-refractivity contribution in [3.63, 3.8) is 0 Å². The predicted octanol–water partition coefficient (Wildman–Crippen LogP) is 4.00. The van der Waals surface area contributed by atoms with Crippen LogP contribution in [0, 0.1) is 0 Å². The molecular formula is C26H32N4O4S. The van der Waals surface area contributed by atoms with E-state index in [-0.39, 0.29) is 35.6 Å². The summed E-state index contributed by atoms with van der Waals surface area (Å²) in [6.07, 6.45) is 5.80. The van der Waals surface area contributed by atoms with Crippen molar-refractivity contribution in [2.45, 2.75) is 62.3 Å². The largest absolute Gasteiger partial charge is 0.326 e. The quantitative estimate of drug-likeness (QED) is 0.597. The van der Waals surface area contributed by atoms with E-state index in [9.17, 15) is 18.0 Å². The first-order chi connectivity index (χ1) is 16.8. The van der Waals surface area contributed by atoms with Crippen LogP contribution in [0.1, 0.15) is 56.9 Å². The number of hydrazone groups is 1. The molecule has 0 radical (unpaired) electrons. The molecule has 0 spiro atoms. The minimum atomic E-state index is -3.58. The SMILES string of the molecule is CN(C1CCCCC1)S(=O)(=O)c1ccc(NC(=O)CCC(=O)N2CCC(c3ccccc3)=N2)cc1. The molecule has 4 rings (SSSR count). The highest BCUT2D eigenvalue weighted by atomic mass is 32.2. The molecule has 0 aromatic heterocycles. The lowest BCUT2D eigenvalue weighted by Crippen LogP contribution is -2.38. The number of carbonyl (C=O) groups is 2. The van der Waals surface area contributed by atoms with Gasteiger partial charge in [0.15, 0.2) is 0 Å². The number of anilines is 1. The highest BCUT2D eigenvalue weighted by Crippen LogP contribution is 2.27. The molecule has 1 fully saturated rings. The standard InChI is InChI=1S/C26H32N4O4S/c1-29(22-10-6-3-7-11-22)35(33,34)23-14-12-21(13-15-23)27-25(31)16-17-26(32)30-19-18-24(28-30)20-8-4-2-5-9-20/h2,4-5,8-9,12-15,22H,3,6-7,10-11,16-19H2,1H3,(H,27,31). The molecular weight excluding hydrogens is 464 g/mol. The summed E-state index contributed by atoms with van der Waals surface area (Å²) in [7, 11) is -1.94. The molecule has 35 heavy (non-hydrogen) atoms. The Labute approximate surface area is 207 Å². The van der Waals surface area contributed by atoms with Gasteiger partial charge in [-0.2, -0.15) is 9.41 Å². The van der Waals surface area contributed by atoms with E-state index < -0.39 is 10.0 Å². The zero-order valence-electron chi connectivity index (χ0n) is 20.0. The minimum Gasteiger partial charge on any atom is -0.326 e. The number of hydrogen-bond donors (Lipinski definition) is 1. The number of carbonyl (C=O) groups excluding carboxylic acids is 2. The number of hydrogen-bond acceptors (Lipinski definition) is 5. The van der Waals surface area contributed by atoms with Gasteiger partial charge in [-0.05, 0) is 42.7 Å². The molecule has 0 atom stereocenters. The second-order valence-electron chi connectivity index (χ2n) is 9.07. The van der Waals surface area contributed by atoms with E-state index in [4.69, 9.17) is 0 Å². The van der Waals surface area contributed by atoms with Gasteiger partial charge in [0, 0.05) is 38.0 Å². The maximum Gasteiger partial charge on any atom is 0.243 e. The lowest BCUT2D eigenvalue weighted by molar-refractivity contribution is -0.132. The zero-order valence-corrected chi connectivity index (χ0v) is 20.8. The summed E-state index contributed by atoms with van der Waals surface area (Å²) in [4.78, 5) is 25.1. The molecule has 1 N–H and O–H groups in total. The van der Waals surface area contributed by atoms with Crippen LogP contribution in [0.4, 0.5) is 5.69 Å². The van der Waals surface area contributed by atoms with Gasteiger partial charge in [0.1, 0.15) is 0 Å². The van der Waals surface area contributed by atoms with Crippen molar-refractivity contribution in [1.29, 1.82) is 0 Å². The van der Waals surface area contributed by atoms with Gasteiger partial charge in [0.2, 0.25) is 21.8 Å². The van der Waals surface area contributed by atoms with Crippen LogP contribution in [0.2, 0.25) is 0 Å². The van der Waals surface area contributed by atoms with Crippen LogP contribution in [-0.2, 0) is 19.6 Å². The molecule has 1 aliphatic heterocycles. The Kier molecular flexibility index (Phi) is 7.97. The Morgan fingerprint density at radius 3 is 2.37 bits per heavy atom. The summed E-state index contributed by atoms with van der Waals surface area (Å²) in [5.74, 6) is -0.502. The molecule has 2 aliphatic rings. The fourth-order valence-corrected chi connectivity index (χ4v) is 5.98. The lowest BCUT2D eigenvalue weighted by atomic mass is 9.96. The third kappa shape index (κ3) is 6.15. The number of rotatable bonds is 8. The average Bonchev–Trinajstić information content (AvgIpc) is 3.39. The normalized spacial score (nSPS) is 16.9. The Hall–Kier alpha value is -3.04. The Morgan fingerprint density at radius 1 is 1.00 bits per heavy atom. The van der Waals surface area contributed by atoms with Crippen molar-refractivity contribution in [2.75, 3.05) is 18.9 Å². The topological polar surface area (TPSA) is 99.2 Å². The summed E-state index contributed by atoms with van der Waals surface area (Å²) >= 11 is 0. The van der Waals surface area contributed by atoms with Gasteiger partial charge in [-0.15, -0.1) is 0 Å². The third-order valence-corrected chi connectivity index (χ3v) is 8.59. The maximum absolute atomic E-state index is 13.0. The summed E-state index contributed by atoms with van der Waals surface area (Å²) in [6.45, 7) is 0.510. The molecule has 0 bridgehead atoms. The number of nitrogens with one attached hydrogen (secondary N) is 1. The second kappa shape index (κ2) is 11.1. The van der Waals surface area contributed by atoms with Gasteiger partial charge in [0.05, 0.1) is 17.2 Å². The fraction of sp³-hybridized carbons (Fsp3) is 0.423. The summed E-state index contributed by atoms with van der Waals surface area (Å²) in [6, 6.07) is 16.0. The summed E-state index contributed by atoms with van der Waals surface area (Å²) in [5.41, 5.74) is 2.36. The van der Waals surface area contributed by atoms with Gasteiger partial charge in [-0.25, -0.2) is 13.4 Å². The van der Waals surface area contributed by atoms with Crippen LogP contribution in [0.15, 0.2) is 64.6 Å². The van der Waals surface area contributed by atoms with E-state index in [2.05, 4.69) is 10.4 Å². The van der Waals surface area contributed by atoms with E-state index >= 15 is 0 Å². The van der Waals surface area contributed by atoms with Gasteiger partial charge < -0.3 is 5.32 Å². The van der Waals surface area contributed by atoms with Crippen LogP contribution in [0.3, 0.4) is 0 Å². The predicted molar refractivity (Wildman–Crippen MR) is 135 cm³/mol. The first kappa shape index (κ1) is 25.1. The molecule has 186 valence electrons. The monoisotopic (exact) mass is 496 g/mol. The van der Waals surface area contributed by atoms with Crippen molar-refractivity contribution in [2.24, 2.45) is 5.10 Å². The minimum absolute atomic E-state index is 0.0238. The molecule has 1 saturated carbocycles. The average molecular weight is 497 g/mol. The Morgan fingerprint density at radius 2 is 1.69 bits per heavy atom. The van der Waals surface area contributed by atoms with Crippen molar-refractivity contribution in [3.8, 4) is 0 Å². The molecule has 1 aliphatic carbocycles. The van der Waals surface area contributed by atoms with Crippen molar-refractivity contribution >= 4 is 33.2 Å². The van der Waals surface area contributed by atoms with E-state index in [0.717, 1.165) is 43.4 Å². The van der Waals surface area contributed by atoms with Crippen LogP contribution in [0.5, 0.6) is 0 Å². The smallest absolute Gasteiger partial charge is 0.243 e. The Balaban J connectivity index is 1.28. The first-order valence-electron chi connectivity index (χ1n) is 12.2. The molecule has 9 heteroatoms. The van der Waals surface area contributed by atoms with Gasteiger partial charge in [-0.1, -0.05) is 49.6 Å². The Bertz CT molecular complexity index is 1170. The van der Waals surface area contributed by atoms with Crippen molar-refractivity contribution < 1.29 is 18.0 Å². The summed E-state index contributed by atoms with van der Waals surface area (Å²) < 4.78 is 27.4. The van der Waals surface area contributed by atoms with Crippen molar-refractivity contribution in [1.82, 2.24) is 9.31 Å². The van der Waals surface area contributed by atoms with E-state index in [1.54, 1.807) is 19.2 Å². The fourth-order valence-electron chi connectivity index (χ4n) is 4.56. The molecule has 2 aromatic carbocycles. The van der Waals surface area contributed by atoms with E-state index in [1.807, 2.05) is 30.3 Å². The van der Waals surface area contributed by atoms with Crippen LogP contribution in [0.25, 0.3) is 0 Å². The molecule has 2 amide bonds. The van der Waals surface area contributed by atoms with E-state index in [0.29, 0.717) is 18.7 Å². The van der Waals surface area contributed by atoms with Crippen LogP contribution in [-0.4, -0.2) is 54.9 Å². The zero-order chi connectivity index (χ0) is 24.8. The highest BCUT2D eigenvalue weighted by Gasteiger charge is 2.29. The van der Waals surface area contributed by atoms with Gasteiger partial charge in [0.25, 0.3) is 0 Å². The molecule has 8 nitrogen and oxygen atoms in total. The third-order valence-electron chi connectivity index (χ3n) is 6.67. The van der Waals surface area contributed by atoms with Gasteiger partial charge >= 0.3 is 0 Å². The van der Waals surface area contributed by atoms with Crippen LogP contribution >= 0.6 is 0 Å². The van der Waals surface area contributed by atoms with E-state index in [1.165, 1.54) is 21.4 Å². The number of nitrogens with zero attached hydrogens (tertiary/aromatic N) is 3. The second-order valence-corrected chi connectivity index (χ2v) is 11.1. The number of benzene rings is 2. The summed E-state index contributed by atoms with van der Waals surface area (Å²) in [5, 5.41) is 8.58. The molecule has 1 heterocycles. The highest BCUT2D eigenvalue weighted by molar-refractivity contribution is 7.89. The van der Waals surface area contributed by atoms with Gasteiger partial charge in [-0.3, -0.25) is 9.59 Å². The molecule has 0 saturated heterocycles.